The van der Waals surface area contributed by atoms with Crippen molar-refractivity contribution in [1.82, 2.24) is 0 Å². The van der Waals surface area contributed by atoms with Crippen LogP contribution in [0.1, 0.15) is 30.9 Å². The molecule has 0 aliphatic heterocycles. The predicted molar refractivity (Wildman–Crippen MR) is 62.0 cm³/mol. The van der Waals surface area contributed by atoms with Crippen LogP contribution in [0.4, 0.5) is 0 Å². The summed E-state index contributed by atoms with van der Waals surface area (Å²) in [5.41, 5.74) is 1.68. The van der Waals surface area contributed by atoms with Crippen LogP contribution in [0.2, 0.25) is 0 Å². The zero-order valence-electron chi connectivity index (χ0n) is 9.40. The molecule has 1 saturated carbocycles. The first-order chi connectivity index (χ1) is 7.48. The Morgan fingerprint density at radius 2 is 2.19 bits per heavy atom. The lowest BCUT2D eigenvalue weighted by molar-refractivity contribution is -0.139. The monoisotopic (exact) mass is 214 g/mol. The van der Waals surface area contributed by atoms with E-state index in [9.17, 15) is 4.79 Å². The van der Waals surface area contributed by atoms with E-state index < -0.39 is 5.97 Å². The summed E-state index contributed by atoms with van der Waals surface area (Å²) in [7, 11) is 0. The first-order valence-electron chi connectivity index (χ1n) is 5.28. The Labute approximate surface area is 95.3 Å². The number of terminal acetylenes is 1. The third-order valence-electron chi connectivity index (χ3n) is 3.51. The molecule has 0 radical (unpaired) electrons. The lowest BCUT2D eigenvalue weighted by Gasteiger charge is -2.03. The van der Waals surface area contributed by atoms with Crippen molar-refractivity contribution < 1.29 is 9.90 Å². The molecule has 0 unspecified atom stereocenters. The highest BCUT2D eigenvalue weighted by Gasteiger charge is 2.62. The molecular formula is C14H14O2. The van der Waals surface area contributed by atoms with Crippen molar-refractivity contribution in [2.75, 3.05) is 0 Å². The smallest absolute Gasteiger partial charge is 0.307 e. The molecule has 2 nitrogen and oxygen atoms in total. The summed E-state index contributed by atoms with van der Waals surface area (Å²) >= 11 is 0. The van der Waals surface area contributed by atoms with Gasteiger partial charge < -0.3 is 5.11 Å². The van der Waals surface area contributed by atoms with Crippen molar-refractivity contribution in [3.63, 3.8) is 0 Å². The maximum atomic E-state index is 11.1. The summed E-state index contributed by atoms with van der Waals surface area (Å²) in [5, 5.41) is 9.11. The zero-order valence-corrected chi connectivity index (χ0v) is 9.40. The minimum absolute atomic E-state index is 0.0818. The SMILES string of the molecule is C#Cc1cccc([C@@H]2[C@@H](C(=O)O)C2(C)C)c1. The lowest BCUT2D eigenvalue weighted by atomic mass is 10.0. The highest BCUT2D eigenvalue weighted by atomic mass is 16.4. The lowest BCUT2D eigenvalue weighted by Crippen LogP contribution is -2.03. The van der Waals surface area contributed by atoms with Crippen molar-refractivity contribution in [1.29, 1.82) is 0 Å². The molecule has 1 aromatic carbocycles. The Morgan fingerprint density at radius 3 is 2.69 bits per heavy atom. The van der Waals surface area contributed by atoms with Gasteiger partial charge in [-0.3, -0.25) is 4.79 Å². The molecule has 0 heterocycles. The van der Waals surface area contributed by atoms with Gasteiger partial charge in [0.05, 0.1) is 5.92 Å². The average Bonchev–Trinajstić information content (AvgIpc) is 2.82. The number of hydrogen-bond donors (Lipinski definition) is 1. The summed E-state index contributed by atoms with van der Waals surface area (Å²) in [6.45, 7) is 3.97. The predicted octanol–water partition coefficient (Wildman–Crippen LogP) is 2.49. The van der Waals surface area contributed by atoms with E-state index in [1.807, 2.05) is 38.1 Å². The molecule has 1 aromatic rings. The number of carbonyl (C=O) groups is 1. The van der Waals surface area contributed by atoms with E-state index in [1.165, 1.54) is 0 Å². The Morgan fingerprint density at radius 1 is 1.50 bits per heavy atom. The van der Waals surface area contributed by atoms with Crippen LogP contribution in [0.15, 0.2) is 24.3 Å². The number of rotatable bonds is 2. The molecule has 0 saturated heterocycles. The number of benzene rings is 1. The van der Waals surface area contributed by atoms with Crippen LogP contribution in [-0.2, 0) is 4.79 Å². The summed E-state index contributed by atoms with van der Waals surface area (Å²) in [6.07, 6.45) is 5.33. The van der Waals surface area contributed by atoms with E-state index >= 15 is 0 Å². The molecule has 0 amide bonds. The van der Waals surface area contributed by atoms with Gasteiger partial charge in [0.15, 0.2) is 0 Å². The van der Waals surface area contributed by atoms with Gasteiger partial charge in [0, 0.05) is 11.5 Å². The second kappa shape index (κ2) is 3.38. The van der Waals surface area contributed by atoms with Crippen LogP contribution in [-0.4, -0.2) is 11.1 Å². The fraction of sp³-hybridized carbons (Fsp3) is 0.357. The topological polar surface area (TPSA) is 37.3 Å². The highest BCUT2D eigenvalue weighted by molar-refractivity contribution is 5.77. The number of carboxylic acid groups (broad SMARTS) is 1. The van der Waals surface area contributed by atoms with Crippen LogP contribution in [0.5, 0.6) is 0 Å². The maximum absolute atomic E-state index is 11.1. The van der Waals surface area contributed by atoms with Crippen LogP contribution in [0.25, 0.3) is 0 Å². The Kier molecular flexibility index (Phi) is 2.27. The van der Waals surface area contributed by atoms with Crippen molar-refractivity contribution >= 4 is 5.97 Å². The van der Waals surface area contributed by atoms with E-state index in [0.29, 0.717) is 0 Å². The second-order valence-electron chi connectivity index (χ2n) is 4.88. The molecule has 2 atom stereocenters. The molecule has 1 aliphatic carbocycles. The van der Waals surface area contributed by atoms with E-state index in [2.05, 4.69) is 5.92 Å². The Bertz CT molecular complexity index is 480. The first-order valence-corrected chi connectivity index (χ1v) is 5.28. The average molecular weight is 214 g/mol. The van der Waals surface area contributed by atoms with Gasteiger partial charge in [-0.2, -0.15) is 0 Å². The molecule has 82 valence electrons. The van der Waals surface area contributed by atoms with E-state index in [-0.39, 0.29) is 17.3 Å². The van der Waals surface area contributed by atoms with Gasteiger partial charge in [0.25, 0.3) is 0 Å². The molecule has 2 rings (SSSR count). The minimum Gasteiger partial charge on any atom is -0.481 e. The summed E-state index contributed by atoms with van der Waals surface area (Å²) in [5.74, 6) is 1.64. The van der Waals surface area contributed by atoms with Crippen LogP contribution < -0.4 is 0 Å². The van der Waals surface area contributed by atoms with Gasteiger partial charge in [-0.05, 0) is 23.1 Å². The van der Waals surface area contributed by atoms with Crippen LogP contribution >= 0.6 is 0 Å². The van der Waals surface area contributed by atoms with Gasteiger partial charge in [-0.25, -0.2) is 0 Å². The molecule has 0 bridgehead atoms. The third-order valence-corrected chi connectivity index (χ3v) is 3.51. The fourth-order valence-electron chi connectivity index (χ4n) is 2.54. The normalized spacial score (nSPS) is 25.8. The third kappa shape index (κ3) is 1.49. The molecule has 16 heavy (non-hydrogen) atoms. The standard InChI is InChI=1S/C14H14O2/c1-4-9-6-5-7-10(8-9)11-12(13(15)16)14(11,2)3/h1,5-8,11-12H,2-3H3,(H,15,16)/t11-,12+/m1/s1. The highest BCUT2D eigenvalue weighted by Crippen LogP contribution is 2.64. The van der Waals surface area contributed by atoms with Crippen LogP contribution in [0, 0.1) is 23.7 Å². The second-order valence-corrected chi connectivity index (χ2v) is 4.88. The van der Waals surface area contributed by atoms with Crippen LogP contribution in [0.3, 0.4) is 0 Å². The van der Waals surface area contributed by atoms with Gasteiger partial charge >= 0.3 is 5.97 Å². The summed E-state index contributed by atoms with van der Waals surface area (Å²) in [6, 6.07) is 7.61. The number of carboxylic acids is 1. The molecule has 1 fully saturated rings. The Balaban J connectivity index is 2.34. The summed E-state index contributed by atoms with van der Waals surface area (Å²) in [4.78, 5) is 11.1. The van der Waals surface area contributed by atoms with Gasteiger partial charge in [-0.15, -0.1) is 6.42 Å². The molecular weight excluding hydrogens is 200 g/mol. The van der Waals surface area contributed by atoms with Crippen molar-refractivity contribution in [2.24, 2.45) is 11.3 Å². The molecule has 0 spiro atoms. The molecule has 2 heteroatoms. The van der Waals surface area contributed by atoms with Gasteiger partial charge in [-0.1, -0.05) is 31.9 Å². The first kappa shape index (κ1) is 10.8. The molecule has 0 aromatic heterocycles. The van der Waals surface area contributed by atoms with Crippen molar-refractivity contribution in [3.05, 3.63) is 35.4 Å². The summed E-state index contributed by atoms with van der Waals surface area (Å²) < 4.78 is 0. The Hall–Kier alpha value is -1.75. The maximum Gasteiger partial charge on any atom is 0.307 e. The zero-order chi connectivity index (χ0) is 11.9. The molecule has 1 aliphatic rings. The fourth-order valence-corrected chi connectivity index (χ4v) is 2.54. The largest absolute Gasteiger partial charge is 0.481 e. The van der Waals surface area contributed by atoms with Crippen molar-refractivity contribution in [3.8, 4) is 12.3 Å². The van der Waals surface area contributed by atoms with Gasteiger partial charge in [0.1, 0.15) is 0 Å². The number of aliphatic carboxylic acids is 1. The number of hydrogen-bond acceptors (Lipinski definition) is 1. The van der Waals surface area contributed by atoms with Gasteiger partial charge in [0.2, 0.25) is 0 Å². The van der Waals surface area contributed by atoms with Crippen molar-refractivity contribution in [2.45, 2.75) is 19.8 Å². The minimum atomic E-state index is -0.721. The van der Waals surface area contributed by atoms with E-state index in [0.717, 1.165) is 11.1 Å². The quantitative estimate of drug-likeness (QED) is 0.768. The molecule has 1 N–H and O–H groups in total. The van der Waals surface area contributed by atoms with E-state index in [4.69, 9.17) is 11.5 Å². The van der Waals surface area contributed by atoms with E-state index in [1.54, 1.807) is 0 Å².